The van der Waals surface area contributed by atoms with Crippen molar-refractivity contribution >= 4 is 11.6 Å². The molecule has 1 nitrogen and oxygen atoms in total. The molecule has 2 heteroatoms. The van der Waals surface area contributed by atoms with Gasteiger partial charge in [-0.15, -0.1) is 0 Å². The quantitative estimate of drug-likeness (QED) is 0.854. The van der Waals surface area contributed by atoms with Crippen LogP contribution in [0, 0.1) is 0 Å². The predicted octanol–water partition coefficient (Wildman–Crippen LogP) is 4.74. The Balaban J connectivity index is 2.09. The lowest BCUT2D eigenvalue weighted by Gasteiger charge is -2.13. The van der Waals surface area contributed by atoms with Gasteiger partial charge in [0.25, 0.3) is 0 Å². The number of aliphatic hydroxyl groups excluding tert-OH is 1. The van der Waals surface area contributed by atoms with Crippen molar-refractivity contribution in [2.75, 3.05) is 0 Å². The zero-order valence-corrected chi connectivity index (χ0v) is 12.1. The van der Waals surface area contributed by atoms with Crippen molar-refractivity contribution < 1.29 is 5.11 Å². The highest BCUT2D eigenvalue weighted by atomic mass is 35.5. The van der Waals surface area contributed by atoms with E-state index in [-0.39, 0.29) is 0 Å². The number of hydrogen-bond acceptors (Lipinski definition) is 1. The minimum absolute atomic E-state index is 0.486. The van der Waals surface area contributed by atoms with Crippen LogP contribution in [0.3, 0.4) is 0 Å². The zero-order chi connectivity index (χ0) is 13.8. The van der Waals surface area contributed by atoms with E-state index in [0.29, 0.717) is 17.4 Å². The number of rotatable bonds is 4. The van der Waals surface area contributed by atoms with Gasteiger partial charge in [-0.3, -0.25) is 0 Å². The van der Waals surface area contributed by atoms with Crippen molar-refractivity contribution in [1.29, 1.82) is 0 Å². The molecule has 19 heavy (non-hydrogen) atoms. The van der Waals surface area contributed by atoms with Crippen molar-refractivity contribution in [3.8, 4) is 0 Å². The number of hydrogen-bond donors (Lipinski definition) is 1. The molecule has 0 saturated heterocycles. The monoisotopic (exact) mass is 274 g/mol. The van der Waals surface area contributed by atoms with Gasteiger partial charge in [-0.1, -0.05) is 61.8 Å². The van der Waals surface area contributed by atoms with E-state index < -0.39 is 6.10 Å². The van der Waals surface area contributed by atoms with Crippen LogP contribution in [0.1, 0.15) is 42.6 Å². The summed E-state index contributed by atoms with van der Waals surface area (Å²) in [6.07, 6.45) is 0.0985. The fraction of sp³-hybridized carbons (Fsp3) is 0.294. The maximum atomic E-state index is 10.3. The van der Waals surface area contributed by atoms with Crippen molar-refractivity contribution in [2.24, 2.45) is 0 Å². The highest BCUT2D eigenvalue weighted by Gasteiger charge is 2.09. The first-order chi connectivity index (χ1) is 9.06. The molecule has 0 spiro atoms. The fourth-order valence-electron chi connectivity index (χ4n) is 2.11. The van der Waals surface area contributed by atoms with Gasteiger partial charge >= 0.3 is 0 Å². The molecule has 0 aliphatic carbocycles. The van der Waals surface area contributed by atoms with E-state index in [2.05, 4.69) is 26.0 Å². The van der Waals surface area contributed by atoms with Gasteiger partial charge in [0.15, 0.2) is 0 Å². The Hall–Kier alpha value is -1.31. The molecule has 0 aliphatic heterocycles. The molecule has 100 valence electrons. The molecule has 0 amide bonds. The molecular formula is C17H19ClO. The second-order valence-corrected chi connectivity index (χ2v) is 5.61. The zero-order valence-electron chi connectivity index (χ0n) is 11.3. The summed E-state index contributed by atoms with van der Waals surface area (Å²) in [6, 6.07) is 15.8. The number of aliphatic hydroxyl groups is 1. The molecule has 1 N–H and O–H groups in total. The molecule has 0 fully saturated rings. The molecule has 2 aromatic rings. The standard InChI is InChI=1S/C17H19ClO/c1-12(2)14-6-8-15(9-7-14)17(19)11-13-4-3-5-16(18)10-13/h3-10,12,17,19H,11H2,1-2H3. The van der Waals surface area contributed by atoms with E-state index in [9.17, 15) is 5.11 Å². The van der Waals surface area contributed by atoms with E-state index in [1.165, 1.54) is 5.56 Å². The van der Waals surface area contributed by atoms with Crippen LogP contribution < -0.4 is 0 Å². The van der Waals surface area contributed by atoms with Crippen LogP contribution in [0.15, 0.2) is 48.5 Å². The predicted molar refractivity (Wildman–Crippen MR) is 80.6 cm³/mol. The lowest BCUT2D eigenvalue weighted by Crippen LogP contribution is -2.02. The van der Waals surface area contributed by atoms with Crippen molar-refractivity contribution in [1.82, 2.24) is 0 Å². The first kappa shape index (κ1) is 14.1. The summed E-state index contributed by atoms with van der Waals surface area (Å²) >= 11 is 5.95. The van der Waals surface area contributed by atoms with Crippen LogP contribution in [-0.4, -0.2) is 5.11 Å². The van der Waals surface area contributed by atoms with E-state index in [0.717, 1.165) is 11.1 Å². The molecule has 0 bridgehead atoms. The summed E-state index contributed by atoms with van der Waals surface area (Å²) in [4.78, 5) is 0. The second kappa shape index (κ2) is 6.23. The van der Waals surface area contributed by atoms with Gasteiger partial charge < -0.3 is 5.11 Å². The summed E-state index contributed by atoms with van der Waals surface area (Å²) in [5.74, 6) is 0.513. The summed E-state index contributed by atoms with van der Waals surface area (Å²) in [5.41, 5.74) is 3.29. The first-order valence-corrected chi connectivity index (χ1v) is 6.96. The Bertz CT molecular complexity index is 531. The van der Waals surface area contributed by atoms with E-state index in [1.807, 2.05) is 36.4 Å². The van der Waals surface area contributed by atoms with E-state index >= 15 is 0 Å². The van der Waals surface area contributed by atoms with Crippen molar-refractivity contribution in [3.05, 3.63) is 70.2 Å². The van der Waals surface area contributed by atoms with Crippen LogP contribution in [0.2, 0.25) is 5.02 Å². The molecule has 2 aromatic carbocycles. The fourth-order valence-corrected chi connectivity index (χ4v) is 2.32. The molecular weight excluding hydrogens is 256 g/mol. The smallest absolute Gasteiger partial charge is 0.0830 e. The molecule has 0 aromatic heterocycles. The van der Waals surface area contributed by atoms with E-state index in [1.54, 1.807) is 0 Å². The van der Waals surface area contributed by atoms with E-state index in [4.69, 9.17) is 11.6 Å². The molecule has 0 aliphatic rings. The molecule has 0 saturated carbocycles. The van der Waals surface area contributed by atoms with Crippen LogP contribution >= 0.6 is 11.6 Å². The summed E-state index contributed by atoms with van der Waals surface area (Å²) in [6.45, 7) is 4.33. The van der Waals surface area contributed by atoms with Gasteiger partial charge in [0.1, 0.15) is 0 Å². The van der Waals surface area contributed by atoms with Crippen molar-refractivity contribution in [3.63, 3.8) is 0 Å². The van der Waals surface area contributed by atoms with Crippen molar-refractivity contribution in [2.45, 2.75) is 32.3 Å². The van der Waals surface area contributed by atoms with Crippen LogP contribution in [0.25, 0.3) is 0 Å². The van der Waals surface area contributed by atoms with Crippen LogP contribution in [0.5, 0.6) is 0 Å². The normalized spacial score (nSPS) is 12.7. The van der Waals surface area contributed by atoms with Crippen LogP contribution in [0.4, 0.5) is 0 Å². The number of benzene rings is 2. The Morgan fingerprint density at radius 1 is 1.00 bits per heavy atom. The first-order valence-electron chi connectivity index (χ1n) is 6.58. The lowest BCUT2D eigenvalue weighted by molar-refractivity contribution is 0.178. The maximum Gasteiger partial charge on any atom is 0.0830 e. The molecule has 1 atom stereocenters. The van der Waals surface area contributed by atoms with Gasteiger partial charge in [-0.05, 0) is 34.7 Å². The highest BCUT2D eigenvalue weighted by Crippen LogP contribution is 2.22. The Kier molecular flexibility index (Phi) is 4.62. The summed E-state index contributed by atoms with van der Waals surface area (Å²) < 4.78 is 0. The average molecular weight is 275 g/mol. The highest BCUT2D eigenvalue weighted by molar-refractivity contribution is 6.30. The Morgan fingerprint density at radius 3 is 2.21 bits per heavy atom. The SMILES string of the molecule is CC(C)c1ccc(C(O)Cc2cccc(Cl)c2)cc1. The largest absolute Gasteiger partial charge is 0.388 e. The molecule has 0 heterocycles. The van der Waals surface area contributed by atoms with Gasteiger partial charge in [-0.2, -0.15) is 0 Å². The summed E-state index contributed by atoms with van der Waals surface area (Å²) in [5, 5.41) is 11.0. The average Bonchev–Trinajstić information content (AvgIpc) is 2.39. The second-order valence-electron chi connectivity index (χ2n) is 5.17. The third-order valence-electron chi connectivity index (χ3n) is 3.31. The Labute approximate surface area is 119 Å². The third-order valence-corrected chi connectivity index (χ3v) is 3.54. The molecule has 1 unspecified atom stereocenters. The molecule has 0 radical (unpaired) electrons. The Morgan fingerprint density at radius 2 is 1.63 bits per heavy atom. The summed E-state index contributed by atoms with van der Waals surface area (Å²) in [7, 11) is 0. The topological polar surface area (TPSA) is 20.2 Å². The number of halogens is 1. The minimum atomic E-state index is -0.486. The minimum Gasteiger partial charge on any atom is -0.388 e. The van der Waals surface area contributed by atoms with Crippen LogP contribution in [-0.2, 0) is 6.42 Å². The van der Waals surface area contributed by atoms with Gasteiger partial charge in [0.2, 0.25) is 0 Å². The lowest BCUT2D eigenvalue weighted by atomic mass is 9.97. The molecule has 2 rings (SSSR count). The van der Waals surface area contributed by atoms with Gasteiger partial charge in [0, 0.05) is 11.4 Å². The van der Waals surface area contributed by atoms with Gasteiger partial charge in [0.05, 0.1) is 6.10 Å². The maximum absolute atomic E-state index is 10.3. The van der Waals surface area contributed by atoms with Gasteiger partial charge in [-0.25, -0.2) is 0 Å². The third kappa shape index (κ3) is 3.82.